The maximum atomic E-state index is 14.7. The number of rotatable bonds is 51. The van der Waals surface area contributed by atoms with Crippen LogP contribution in [-0.4, -0.2) is 361 Å². The second-order valence-corrected chi connectivity index (χ2v) is 40.6. The van der Waals surface area contributed by atoms with Crippen molar-refractivity contribution < 1.29 is 158 Å². The summed E-state index contributed by atoms with van der Waals surface area (Å²) in [5.74, 6) is -10.5. The number of aliphatic hydroxyl groups excluding tert-OH is 1. The Kier molecular flexibility index (Phi) is 41.9. The van der Waals surface area contributed by atoms with E-state index in [1.54, 1.807) is 26.0 Å². The Balaban J connectivity index is 0.597. The number of carbonyl (C=O) groups is 14. The minimum atomic E-state index is -4.49. The highest BCUT2D eigenvalue weighted by atomic mass is 31.2. The monoisotopic (exact) mass is 2040 g/mol. The number of imide groups is 1. The van der Waals surface area contributed by atoms with Gasteiger partial charge in [0.25, 0.3) is 11.8 Å². The lowest BCUT2D eigenvalue weighted by Gasteiger charge is -2.47. The molecule has 12 heterocycles. The molecular formula is C96H142N13O33P. The number of Topliss-reactive ketones (excluding diaryl/α,β-unsaturated/α-hetero) is 1. The first-order chi connectivity index (χ1) is 68.3. The Morgan fingerprint density at radius 3 is 2.00 bits per heavy atom. The predicted octanol–water partition coefficient (Wildman–Crippen LogP) is 0.617. The zero-order valence-corrected chi connectivity index (χ0v) is 82.9. The minimum Gasteiger partial charge on any atom is -0.490 e. The highest BCUT2D eigenvalue weighted by Gasteiger charge is 2.69. The quantitative estimate of drug-likeness (QED) is 0.0140. The van der Waals surface area contributed by atoms with Crippen LogP contribution in [0.2, 0.25) is 0 Å². The first-order valence-electron chi connectivity index (χ1n) is 49.6. The van der Waals surface area contributed by atoms with Crippen molar-refractivity contribution in [3.8, 4) is 0 Å². The van der Waals surface area contributed by atoms with Crippen LogP contribution in [0.1, 0.15) is 161 Å². The van der Waals surface area contributed by atoms with Crippen LogP contribution in [0.5, 0.6) is 0 Å². The lowest BCUT2D eigenvalue weighted by atomic mass is 9.84. The molecule has 13 amide bonds. The van der Waals surface area contributed by atoms with Crippen molar-refractivity contribution in [2.24, 2.45) is 23.5 Å². The molecule has 47 heteroatoms. The molecule has 0 radical (unpaired) electrons. The number of ketones is 1. The lowest BCUT2D eigenvalue weighted by Crippen LogP contribution is -2.61. The molecule has 1 spiro atoms. The molecule has 12 bridgehead atoms. The van der Waals surface area contributed by atoms with E-state index in [1.807, 2.05) is 25.1 Å². The number of esters is 1. The van der Waals surface area contributed by atoms with E-state index in [1.165, 1.54) is 19.2 Å². The van der Waals surface area contributed by atoms with Gasteiger partial charge in [-0.1, -0.05) is 46.1 Å². The third kappa shape index (κ3) is 32.8. The Morgan fingerprint density at radius 1 is 0.643 bits per heavy atom. The number of hydrogen-bond donors (Lipinski definition) is 14. The number of anilines is 1. The Labute approximate surface area is 830 Å². The van der Waals surface area contributed by atoms with E-state index in [2.05, 4.69) is 73.2 Å². The van der Waals surface area contributed by atoms with E-state index in [0.717, 1.165) is 36.1 Å². The second-order valence-electron chi connectivity index (χ2n) is 38.8. The van der Waals surface area contributed by atoms with Crippen LogP contribution < -0.4 is 58.9 Å². The molecule has 0 saturated carbocycles. The Morgan fingerprint density at radius 2 is 1.31 bits per heavy atom. The molecular weight excluding hydrogens is 1890 g/mol. The van der Waals surface area contributed by atoms with E-state index < -0.39 is 207 Å². The van der Waals surface area contributed by atoms with Crippen molar-refractivity contribution >= 4 is 96.2 Å². The zero-order chi connectivity index (χ0) is 103. The number of methoxy groups -OCH3 is 1. The number of nitrogens with zero attached hydrogens (tertiary/aromatic N) is 2. The molecule has 143 heavy (non-hydrogen) atoms. The van der Waals surface area contributed by atoms with Gasteiger partial charge >= 0.3 is 25.7 Å². The van der Waals surface area contributed by atoms with Crippen molar-refractivity contribution in [2.75, 3.05) is 125 Å². The van der Waals surface area contributed by atoms with Crippen molar-refractivity contribution in [1.82, 2.24) is 57.7 Å². The summed E-state index contributed by atoms with van der Waals surface area (Å²) in [4.78, 5) is 208. The van der Waals surface area contributed by atoms with Gasteiger partial charge < -0.3 is 150 Å². The van der Waals surface area contributed by atoms with Crippen molar-refractivity contribution in [2.45, 2.75) is 296 Å². The Bertz CT molecular complexity index is 4720. The maximum absolute atomic E-state index is 14.7. The van der Waals surface area contributed by atoms with Gasteiger partial charge in [0.05, 0.1) is 133 Å². The van der Waals surface area contributed by atoms with E-state index >= 15 is 0 Å². The SMILES string of the molecule is C=C1/C2=C/[C@@H]3O[C@H](C[C@H](O)CNC(=O)OCc4ccc(NC(=O)[C@H](CCCNC(N)=O)NC(=O)[C@@H](NC(=O)[C@H](CC(=O)N[C@H]5CCOC5=O)NC(=O)[C@H](CCCCN(C)C)NC(=O)CCOCCOCCOCCOCCNC(=O)[C@H](CNC(=O)CCP(=O)(O)O)N5C(=O)C=CC5=O)C(C)C)cc4)[C@H](OC)[C@H]3CC(=O)C[C@H]3CC[C@@H]4O[C@@H]5[C@H]6O[C@@H]7C[C@](CC[C@H]8CC(=C)[C@H](CC[C@@H](C[C@H]1C)O2)O8)(O[C@H]6[C@H]4O3)O[C@H]57. The van der Waals surface area contributed by atoms with Gasteiger partial charge in [-0.3, -0.25) is 62.2 Å². The number of nitrogens with one attached hydrogen (secondary N) is 10. The molecule has 794 valence electrons. The van der Waals surface area contributed by atoms with Crippen LogP contribution in [-0.2, 0) is 140 Å². The fraction of sp³-hybridized carbons (Fsp3) is 0.708. The molecule has 10 fully saturated rings. The van der Waals surface area contributed by atoms with E-state index in [4.69, 9.17) is 86.6 Å². The number of aliphatic hydroxyl groups is 1. The van der Waals surface area contributed by atoms with Crippen LogP contribution in [0.3, 0.4) is 0 Å². The number of primary amides is 1. The third-order valence-electron chi connectivity index (χ3n) is 27.2. The van der Waals surface area contributed by atoms with Crippen molar-refractivity contribution in [3.63, 3.8) is 0 Å². The summed E-state index contributed by atoms with van der Waals surface area (Å²) in [6.07, 6.45) is 1.38. The second kappa shape index (κ2) is 53.5. The molecule has 1 aromatic carbocycles. The van der Waals surface area contributed by atoms with Crippen LogP contribution >= 0.6 is 7.60 Å². The molecule has 12 aliphatic heterocycles. The van der Waals surface area contributed by atoms with Crippen LogP contribution in [0.25, 0.3) is 0 Å². The zero-order valence-electron chi connectivity index (χ0n) is 82.0. The average molecular weight is 2040 g/mol. The summed E-state index contributed by atoms with van der Waals surface area (Å²) in [6.45, 7) is 14.3. The molecule has 0 aliphatic carbocycles. The number of cyclic esters (lactones) is 1. The summed E-state index contributed by atoms with van der Waals surface area (Å²) in [6, 6.07) is -2.96. The van der Waals surface area contributed by atoms with Crippen LogP contribution in [0.4, 0.5) is 15.3 Å². The normalized spacial score (nSPS) is 28.7. The van der Waals surface area contributed by atoms with Crippen molar-refractivity contribution in [1.29, 1.82) is 0 Å². The predicted molar refractivity (Wildman–Crippen MR) is 504 cm³/mol. The average Bonchev–Trinajstić information content (AvgIpc) is 1.54. The van der Waals surface area contributed by atoms with E-state index in [-0.39, 0.29) is 203 Å². The smallest absolute Gasteiger partial charge is 0.407 e. The molecule has 15 N–H and O–H groups in total. The summed E-state index contributed by atoms with van der Waals surface area (Å²) in [5.41, 5.74) is 7.90. The Hall–Kier alpha value is -9.85. The highest BCUT2D eigenvalue weighted by Crippen LogP contribution is 2.55. The summed E-state index contributed by atoms with van der Waals surface area (Å²) >= 11 is 0. The topological polar surface area (TPSA) is 608 Å². The minimum absolute atomic E-state index is 0.00677. The largest absolute Gasteiger partial charge is 0.490 e. The summed E-state index contributed by atoms with van der Waals surface area (Å²) < 4.78 is 105. The number of carbonyl (C=O) groups excluding carboxylic acids is 14. The number of benzene rings is 1. The standard InChI is InChI=1S/C96H142N13O33P/c1-53(2)81(107-90(119)68(47-78(114)104-67-25-33-133-93(67)122)106-89(118)65(12-9-10-31-108(6)7)103-77(113)26-32-129-35-37-131-39-40-132-38-36-130-34-30-98-91(120)69(109-79(115)22-23-80(109)116)51-100-76(112)27-41-143(125,126)127)92(121)105-66(13-11-29-99-94(97)123)88(117)102-58-16-14-57(15-17-58)52-134-95(124)101-50-60(111)46-74-82(128-8)64-45-59(110)44-62-19-21-71-83(137-62)87-86-85(139-71)84-75(140-86)49-96(141-84,142-87)28-24-63-43-55(4)70(135-63)20-18-61-42-54(3)56(5)72(136-61)48-73(64)138-74/h14-17,22-23,48,53-54,60-71,73-75,81-87,111H,4-5,9-13,18-21,24-47,49-52H2,1-3,6-8H3,(H,98,120)(H,100,112)(H,101,124)(H,102,117)(H,103,113)(H,104,114)(H,105,121)(H,106,118)(H,107,119)(H3,97,99,123)(H2,125,126,127)/b72-48-/t54-,60+,61+,62-,63+,64+,65+,66+,67+,68+,69+,70+,71+,73+,74-,75-,81+,82-,83+,84+,85+,86-,87+,96+/m1/s1. The number of alkyl carbamates (subject to hydrolysis) is 1. The van der Waals surface area contributed by atoms with Gasteiger partial charge in [-0.2, -0.15) is 0 Å². The molecule has 13 rings (SSSR count). The molecule has 0 aromatic heterocycles. The number of fused-ring (bicyclic) bond motifs is 6. The first-order valence-corrected chi connectivity index (χ1v) is 51.4. The van der Waals surface area contributed by atoms with Crippen LogP contribution in [0, 0.1) is 17.8 Å². The summed E-state index contributed by atoms with van der Waals surface area (Å²) in [7, 11) is 0.771. The van der Waals surface area contributed by atoms with Crippen LogP contribution in [0.15, 0.2) is 72.6 Å². The molecule has 10 saturated heterocycles. The molecule has 0 unspecified atom stereocenters. The number of hydrogen-bond acceptors (Lipinski definition) is 32. The van der Waals surface area contributed by atoms with Gasteiger partial charge in [0.15, 0.2) is 5.79 Å². The summed E-state index contributed by atoms with van der Waals surface area (Å²) in [5, 5.41) is 37.6. The maximum Gasteiger partial charge on any atom is 0.407 e. The number of unbranched alkanes of at least 4 members (excludes halogenated alkanes) is 1. The third-order valence-corrected chi connectivity index (χ3v) is 28.0. The van der Waals surface area contributed by atoms with E-state index in [9.17, 15) is 76.8 Å². The van der Waals surface area contributed by atoms with Crippen molar-refractivity contribution in [3.05, 3.63) is 78.1 Å². The fourth-order valence-corrected chi connectivity index (χ4v) is 20.2. The fourth-order valence-electron chi connectivity index (χ4n) is 19.7. The van der Waals surface area contributed by atoms with Gasteiger partial charge in [-0.05, 0) is 144 Å². The van der Waals surface area contributed by atoms with Gasteiger partial charge in [-0.15, -0.1) is 0 Å². The molecule has 46 nitrogen and oxygen atoms in total. The lowest BCUT2D eigenvalue weighted by molar-refractivity contribution is -0.292. The number of amides is 13. The molecule has 12 aliphatic rings. The number of urea groups is 1. The number of allylic oxidation sites excluding steroid dienone is 1. The first kappa shape index (κ1) is 112. The van der Waals surface area contributed by atoms with Gasteiger partial charge in [0.2, 0.25) is 47.3 Å². The van der Waals surface area contributed by atoms with Gasteiger partial charge in [0, 0.05) is 108 Å². The van der Waals surface area contributed by atoms with E-state index in [0.29, 0.717) is 80.6 Å². The van der Waals surface area contributed by atoms with Gasteiger partial charge in [0.1, 0.15) is 84.9 Å². The number of ether oxygens (including phenoxy) is 15. The van der Waals surface area contributed by atoms with Gasteiger partial charge in [-0.25, -0.2) is 14.4 Å². The number of nitrogens with two attached hydrogens (primary N) is 1. The molecule has 24 atom stereocenters. The molecule has 1 aromatic rings. The highest BCUT2D eigenvalue weighted by molar-refractivity contribution is 7.51.